The van der Waals surface area contributed by atoms with Gasteiger partial charge in [-0.2, -0.15) is 0 Å². The summed E-state index contributed by atoms with van der Waals surface area (Å²) >= 11 is 0. The molecule has 0 radical (unpaired) electrons. The highest BCUT2D eigenvalue weighted by Gasteiger charge is 2.36. The van der Waals surface area contributed by atoms with Crippen LogP contribution in [-0.2, 0) is 0 Å². The van der Waals surface area contributed by atoms with Crippen LogP contribution in [0.15, 0.2) is 24.3 Å². The van der Waals surface area contributed by atoms with Gasteiger partial charge in [0.25, 0.3) is 0 Å². The highest BCUT2D eigenvalue weighted by atomic mass is 16.5. The van der Waals surface area contributed by atoms with Crippen LogP contribution < -0.4 is 15.0 Å². The van der Waals surface area contributed by atoms with Gasteiger partial charge in [0.2, 0.25) is 0 Å². The zero-order chi connectivity index (χ0) is 11.7. The Balaban J connectivity index is 1.80. The van der Waals surface area contributed by atoms with Crippen LogP contribution in [-0.4, -0.2) is 32.8 Å². The van der Waals surface area contributed by atoms with Crippen molar-refractivity contribution in [3.8, 4) is 5.75 Å². The van der Waals surface area contributed by atoms with Crippen molar-refractivity contribution in [3.63, 3.8) is 0 Å². The quantitative estimate of drug-likeness (QED) is 0.859. The molecule has 2 heterocycles. The Bertz CT molecular complexity index is 382. The minimum Gasteiger partial charge on any atom is -0.492 e. The molecular weight excluding hydrogens is 212 g/mol. The Hall–Kier alpha value is -1.22. The van der Waals surface area contributed by atoms with Crippen molar-refractivity contribution in [3.05, 3.63) is 24.3 Å². The van der Waals surface area contributed by atoms with Gasteiger partial charge < -0.3 is 15.0 Å². The van der Waals surface area contributed by atoms with Crippen molar-refractivity contribution >= 4 is 5.69 Å². The van der Waals surface area contributed by atoms with Crippen LogP contribution in [0, 0.1) is 11.8 Å². The van der Waals surface area contributed by atoms with E-state index in [4.69, 9.17) is 4.74 Å². The molecule has 3 rings (SSSR count). The largest absolute Gasteiger partial charge is 0.492 e. The van der Waals surface area contributed by atoms with Crippen LogP contribution in [0.3, 0.4) is 0 Å². The number of ether oxygens (including phenoxy) is 1. The van der Waals surface area contributed by atoms with Crippen molar-refractivity contribution in [2.24, 2.45) is 11.8 Å². The molecule has 1 aromatic carbocycles. The fourth-order valence-corrected chi connectivity index (χ4v) is 3.05. The second-order valence-corrected chi connectivity index (χ2v) is 4.98. The first-order valence-electron chi connectivity index (χ1n) is 6.56. The third-order valence-electron chi connectivity index (χ3n) is 3.90. The van der Waals surface area contributed by atoms with Crippen molar-refractivity contribution in [2.45, 2.75) is 6.92 Å². The van der Waals surface area contributed by atoms with Crippen LogP contribution in [0.2, 0.25) is 0 Å². The third kappa shape index (κ3) is 2.00. The molecule has 0 spiro atoms. The Morgan fingerprint density at radius 3 is 2.65 bits per heavy atom. The number of nitrogens with zero attached hydrogens (tertiary/aromatic N) is 1. The summed E-state index contributed by atoms with van der Waals surface area (Å²) in [6, 6.07) is 8.40. The Kier molecular flexibility index (Phi) is 2.93. The number of para-hydroxylation sites is 2. The molecular formula is C14H20N2O. The lowest BCUT2D eigenvalue weighted by Gasteiger charge is -2.22. The molecule has 2 fully saturated rings. The summed E-state index contributed by atoms with van der Waals surface area (Å²) in [6.07, 6.45) is 0. The van der Waals surface area contributed by atoms with Gasteiger partial charge in [-0.25, -0.2) is 0 Å². The molecule has 2 unspecified atom stereocenters. The van der Waals surface area contributed by atoms with E-state index in [2.05, 4.69) is 28.4 Å². The van der Waals surface area contributed by atoms with Crippen LogP contribution >= 0.6 is 0 Å². The van der Waals surface area contributed by atoms with Gasteiger partial charge in [0, 0.05) is 26.2 Å². The summed E-state index contributed by atoms with van der Waals surface area (Å²) in [5.41, 5.74) is 1.27. The summed E-state index contributed by atoms with van der Waals surface area (Å²) in [5, 5.41) is 3.48. The zero-order valence-electron chi connectivity index (χ0n) is 10.4. The molecule has 0 bridgehead atoms. The molecule has 3 nitrogen and oxygen atoms in total. The normalized spacial score (nSPS) is 27.2. The van der Waals surface area contributed by atoms with E-state index in [1.165, 1.54) is 31.9 Å². The van der Waals surface area contributed by atoms with E-state index in [-0.39, 0.29) is 0 Å². The summed E-state index contributed by atoms with van der Waals surface area (Å²) in [7, 11) is 0. The van der Waals surface area contributed by atoms with Gasteiger partial charge in [-0.3, -0.25) is 0 Å². The van der Waals surface area contributed by atoms with Gasteiger partial charge in [-0.1, -0.05) is 12.1 Å². The molecule has 92 valence electrons. The number of benzene rings is 1. The molecule has 2 aliphatic heterocycles. The lowest BCUT2D eigenvalue weighted by Crippen LogP contribution is -2.25. The second kappa shape index (κ2) is 4.57. The Morgan fingerprint density at radius 2 is 1.94 bits per heavy atom. The molecule has 0 saturated carbocycles. The number of fused-ring (bicyclic) bond motifs is 1. The Labute approximate surface area is 103 Å². The highest BCUT2D eigenvalue weighted by Crippen LogP contribution is 2.35. The second-order valence-electron chi connectivity index (χ2n) is 4.98. The summed E-state index contributed by atoms with van der Waals surface area (Å²) in [4.78, 5) is 2.49. The first-order chi connectivity index (χ1) is 8.38. The van der Waals surface area contributed by atoms with Gasteiger partial charge in [0.05, 0.1) is 12.3 Å². The topological polar surface area (TPSA) is 24.5 Å². The average molecular weight is 232 g/mol. The fourth-order valence-electron chi connectivity index (χ4n) is 3.05. The summed E-state index contributed by atoms with van der Waals surface area (Å²) in [5.74, 6) is 2.68. The van der Waals surface area contributed by atoms with E-state index in [1.807, 2.05) is 13.0 Å². The minimum absolute atomic E-state index is 0.735. The third-order valence-corrected chi connectivity index (χ3v) is 3.90. The maximum Gasteiger partial charge on any atom is 0.142 e. The monoisotopic (exact) mass is 232 g/mol. The molecule has 2 aliphatic rings. The number of nitrogens with one attached hydrogen (secondary N) is 1. The Morgan fingerprint density at radius 1 is 1.24 bits per heavy atom. The van der Waals surface area contributed by atoms with Crippen molar-refractivity contribution < 1.29 is 4.74 Å². The van der Waals surface area contributed by atoms with Gasteiger partial charge in [0.1, 0.15) is 5.75 Å². The molecule has 0 amide bonds. The number of hydrogen-bond acceptors (Lipinski definition) is 3. The fraction of sp³-hybridized carbons (Fsp3) is 0.571. The lowest BCUT2D eigenvalue weighted by molar-refractivity contribution is 0.340. The average Bonchev–Trinajstić information content (AvgIpc) is 2.90. The lowest BCUT2D eigenvalue weighted by atomic mass is 10.0. The van der Waals surface area contributed by atoms with Crippen LogP contribution in [0.1, 0.15) is 6.92 Å². The van der Waals surface area contributed by atoms with Gasteiger partial charge >= 0.3 is 0 Å². The van der Waals surface area contributed by atoms with Crippen LogP contribution in [0.5, 0.6) is 5.75 Å². The van der Waals surface area contributed by atoms with E-state index in [0.717, 1.165) is 24.2 Å². The van der Waals surface area contributed by atoms with E-state index < -0.39 is 0 Å². The molecule has 3 heteroatoms. The van der Waals surface area contributed by atoms with E-state index >= 15 is 0 Å². The minimum atomic E-state index is 0.735. The zero-order valence-corrected chi connectivity index (χ0v) is 10.4. The number of anilines is 1. The maximum atomic E-state index is 5.71. The van der Waals surface area contributed by atoms with Crippen LogP contribution in [0.25, 0.3) is 0 Å². The molecule has 2 atom stereocenters. The smallest absolute Gasteiger partial charge is 0.142 e. The van der Waals surface area contributed by atoms with E-state index in [9.17, 15) is 0 Å². The number of hydrogen-bond donors (Lipinski definition) is 1. The van der Waals surface area contributed by atoms with Crippen LogP contribution in [0.4, 0.5) is 5.69 Å². The van der Waals surface area contributed by atoms with Crippen molar-refractivity contribution in [2.75, 3.05) is 37.7 Å². The van der Waals surface area contributed by atoms with E-state index in [0.29, 0.717) is 0 Å². The maximum absolute atomic E-state index is 5.71. The van der Waals surface area contributed by atoms with Crippen molar-refractivity contribution in [1.29, 1.82) is 0 Å². The standard InChI is InChI=1S/C14H20N2O/c1-2-17-14-6-4-3-5-13(14)16-9-11-7-15-8-12(11)10-16/h3-6,11-12,15H,2,7-10H2,1H3. The number of rotatable bonds is 3. The molecule has 1 N–H and O–H groups in total. The first kappa shape index (κ1) is 10.9. The molecule has 2 saturated heterocycles. The summed E-state index contributed by atoms with van der Waals surface area (Å²) < 4.78 is 5.71. The summed E-state index contributed by atoms with van der Waals surface area (Å²) in [6.45, 7) is 7.47. The molecule has 0 aliphatic carbocycles. The van der Waals surface area contributed by atoms with Crippen molar-refractivity contribution in [1.82, 2.24) is 5.32 Å². The molecule has 17 heavy (non-hydrogen) atoms. The predicted octanol–water partition coefficient (Wildman–Crippen LogP) is 1.74. The van der Waals surface area contributed by atoms with Gasteiger partial charge in [-0.15, -0.1) is 0 Å². The highest BCUT2D eigenvalue weighted by molar-refractivity contribution is 5.59. The molecule has 0 aromatic heterocycles. The van der Waals surface area contributed by atoms with Gasteiger partial charge in [-0.05, 0) is 30.9 Å². The van der Waals surface area contributed by atoms with Gasteiger partial charge in [0.15, 0.2) is 0 Å². The SMILES string of the molecule is CCOc1ccccc1N1CC2CNCC2C1. The first-order valence-corrected chi connectivity index (χ1v) is 6.56. The predicted molar refractivity (Wildman–Crippen MR) is 69.7 cm³/mol. The molecule has 1 aromatic rings. The van der Waals surface area contributed by atoms with E-state index in [1.54, 1.807) is 0 Å².